The Kier molecular flexibility index (Phi) is 7.91. The summed E-state index contributed by atoms with van der Waals surface area (Å²) in [6, 6.07) is -1.62. The fraction of sp³-hybridized carbons (Fsp3) is 0.923. The van der Waals surface area contributed by atoms with E-state index >= 15 is 0 Å². The molecule has 0 heterocycles. The highest BCUT2D eigenvalue weighted by Gasteiger charge is 2.90. The first-order chi connectivity index (χ1) is 12.6. The topological polar surface area (TPSA) is 49.3 Å². The Labute approximate surface area is 154 Å². The van der Waals surface area contributed by atoms with Crippen molar-refractivity contribution in [2.45, 2.75) is 68.0 Å². The molecule has 0 fully saturated rings. The van der Waals surface area contributed by atoms with E-state index in [0.717, 1.165) is 0 Å². The smallest absolute Gasteiger partial charge is 0.460 e. The van der Waals surface area contributed by atoms with Crippen molar-refractivity contribution in [3.63, 3.8) is 0 Å². The first-order valence-corrected chi connectivity index (χ1v) is 7.53. The predicted octanol–water partition coefficient (Wildman–Crippen LogP) is 4.96. The minimum Gasteiger partial charge on any atom is -0.480 e. The van der Waals surface area contributed by atoms with Crippen LogP contribution in [0, 0.1) is 0 Å². The number of nitrogens with one attached hydrogen (secondary N) is 1. The molecule has 0 aliphatic heterocycles. The van der Waals surface area contributed by atoms with Gasteiger partial charge in [-0.15, -0.1) is 0 Å². The van der Waals surface area contributed by atoms with Gasteiger partial charge in [0.05, 0.1) is 0 Å². The molecule has 29 heavy (non-hydrogen) atoms. The number of hydrogen-bond donors (Lipinski definition) is 2. The molecule has 0 radical (unpaired) electrons. The van der Waals surface area contributed by atoms with Crippen molar-refractivity contribution < 1.29 is 67.0 Å². The SMILES string of the molecule is CCC[C@H](NCCC(F)(F)C(F)(F)C(F)(F)C(F)(F)C(F)(F)C(F)(F)F)C(=O)O. The molecule has 0 saturated carbocycles. The van der Waals surface area contributed by atoms with Crippen LogP contribution >= 0.6 is 0 Å². The Bertz CT molecular complexity index is 574. The largest absolute Gasteiger partial charge is 0.480 e. The van der Waals surface area contributed by atoms with Crippen molar-refractivity contribution in [3.8, 4) is 0 Å². The Morgan fingerprint density at radius 3 is 1.55 bits per heavy atom. The maximum atomic E-state index is 13.5. The third-order valence-electron chi connectivity index (χ3n) is 3.70. The lowest BCUT2D eigenvalue weighted by molar-refractivity contribution is -0.440. The van der Waals surface area contributed by atoms with Gasteiger partial charge in [0.25, 0.3) is 0 Å². The van der Waals surface area contributed by atoms with Crippen LogP contribution in [0.2, 0.25) is 0 Å². The molecule has 0 aliphatic rings. The third-order valence-corrected chi connectivity index (χ3v) is 3.70. The lowest BCUT2D eigenvalue weighted by Gasteiger charge is -2.39. The second-order valence-electron chi connectivity index (χ2n) is 5.88. The summed E-state index contributed by atoms with van der Waals surface area (Å²) in [7, 11) is 0. The molecule has 2 N–H and O–H groups in total. The van der Waals surface area contributed by atoms with Gasteiger partial charge in [-0.3, -0.25) is 4.79 Å². The molecule has 16 heteroatoms. The molecule has 0 saturated heterocycles. The molecule has 0 spiro atoms. The van der Waals surface area contributed by atoms with E-state index in [9.17, 15) is 61.9 Å². The first-order valence-electron chi connectivity index (χ1n) is 7.53. The normalized spacial score (nSPS) is 16.1. The molecular formula is C13H14F13NO2. The van der Waals surface area contributed by atoms with Crippen LogP contribution < -0.4 is 5.32 Å². The molecular weight excluding hydrogens is 449 g/mol. The van der Waals surface area contributed by atoms with E-state index in [-0.39, 0.29) is 12.8 Å². The Morgan fingerprint density at radius 2 is 1.21 bits per heavy atom. The van der Waals surface area contributed by atoms with Crippen molar-refractivity contribution in [1.82, 2.24) is 5.32 Å². The van der Waals surface area contributed by atoms with E-state index in [1.807, 2.05) is 0 Å². The van der Waals surface area contributed by atoms with Crippen LogP contribution in [-0.2, 0) is 4.79 Å². The predicted molar refractivity (Wildman–Crippen MR) is 69.7 cm³/mol. The number of alkyl halides is 13. The van der Waals surface area contributed by atoms with E-state index in [0.29, 0.717) is 0 Å². The molecule has 0 aromatic carbocycles. The number of carboxylic acids is 1. The Balaban J connectivity index is 5.73. The average Bonchev–Trinajstić information content (AvgIpc) is 2.51. The van der Waals surface area contributed by atoms with Gasteiger partial charge in [-0.25, -0.2) is 0 Å². The summed E-state index contributed by atoms with van der Waals surface area (Å²) < 4.78 is 167. The highest BCUT2D eigenvalue weighted by atomic mass is 19.4. The van der Waals surface area contributed by atoms with Crippen molar-refractivity contribution in [3.05, 3.63) is 0 Å². The summed E-state index contributed by atoms with van der Waals surface area (Å²) in [6.45, 7) is -0.0687. The Morgan fingerprint density at radius 1 is 0.793 bits per heavy atom. The molecule has 0 bridgehead atoms. The van der Waals surface area contributed by atoms with Crippen molar-refractivity contribution in [2.75, 3.05) is 6.54 Å². The number of rotatable bonds is 11. The number of aliphatic carboxylic acids is 1. The van der Waals surface area contributed by atoms with Gasteiger partial charge >= 0.3 is 41.8 Å². The summed E-state index contributed by atoms with van der Waals surface area (Å²) >= 11 is 0. The zero-order valence-electron chi connectivity index (χ0n) is 14.2. The van der Waals surface area contributed by atoms with Gasteiger partial charge in [0.15, 0.2) is 0 Å². The molecule has 0 aliphatic carbocycles. The van der Waals surface area contributed by atoms with Gasteiger partial charge in [0.2, 0.25) is 0 Å². The van der Waals surface area contributed by atoms with E-state index in [1.54, 1.807) is 5.32 Å². The van der Waals surface area contributed by atoms with Crippen molar-refractivity contribution in [1.29, 1.82) is 0 Å². The van der Waals surface area contributed by atoms with Gasteiger partial charge in [0, 0.05) is 13.0 Å². The number of carboxylic acid groups (broad SMARTS) is 1. The molecule has 3 nitrogen and oxygen atoms in total. The molecule has 0 rings (SSSR count). The standard InChI is InChI=1S/C13H14F13NO2/c1-2-3-6(7(28)29)27-5-4-8(14,15)9(16,17)10(18,19)11(20,21)12(22,23)13(24,25)26/h6,27H,2-5H2,1H3,(H,28,29)/t6-/m0/s1. The van der Waals surface area contributed by atoms with Gasteiger partial charge in [0.1, 0.15) is 6.04 Å². The van der Waals surface area contributed by atoms with Gasteiger partial charge in [-0.05, 0) is 6.42 Å². The van der Waals surface area contributed by atoms with Crippen LogP contribution in [0.3, 0.4) is 0 Å². The highest BCUT2D eigenvalue weighted by molar-refractivity contribution is 5.73. The summed E-state index contributed by atoms with van der Waals surface area (Å²) in [5.74, 6) is -38.8. The van der Waals surface area contributed by atoms with Crippen LogP contribution in [0.25, 0.3) is 0 Å². The monoisotopic (exact) mass is 463 g/mol. The van der Waals surface area contributed by atoms with Crippen LogP contribution in [0.5, 0.6) is 0 Å². The van der Waals surface area contributed by atoms with E-state index in [4.69, 9.17) is 5.11 Å². The number of hydrogen-bond acceptors (Lipinski definition) is 2. The van der Waals surface area contributed by atoms with Crippen LogP contribution in [0.1, 0.15) is 26.2 Å². The van der Waals surface area contributed by atoms with Gasteiger partial charge in [-0.1, -0.05) is 13.3 Å². The van der Waals surface area contributed by atoms with E-state index in [2.05, 4.69) is 0 Å². The zero-order chi connectivity index (χ0) is 23.7. The fourth-order valence-corrected chi connectivity index (χ4v) is 1.96. The third kappa shape index (κ3) is 4.82. The summed E-state index contributed by atoms with van der Waals surface area (Å²) in [4.78, 5) is 10.7. The molecule has 0 aromatic rings. The first kappa shape index (κ1) is 27.5. The Hall–Kier alpha value is -1.48. The van der Waals surface area contributed by atoms with E-state index < -0.39 is 60.8 Å². The van der Waals surface area contributed by atoms with Gasteiger partial charge < -0.3 is 10.4 Å². The molecule has 1 atom stereocenters. The maximum absolute atomic E-state index is 13.5. The summed E-state index contributed by atoms with van der Waals surface area (Å²) in [5.41, 5.74) is 0. The van der Waals surface area contributed by atoms with Crippen LogP contribution in [-0.4, -0.2) is 59.5 Å². The highest BCUT2D eigenvalue weighted by Crippen LogP contribution is 2.60. The summed E-state index contributed by atoms with van der Waals surface area (Å²) in [6.07, 6.45) is -10.0. The maximum Gasteiger partial charge on any atom is 0.460 e. The zero-order valence-corrected chi connectivity index (χ0v) is 14.2. The summed E-state index contributed by atoms with van der Waals surface area (Å²) in [5, 5.41) is 10.4. The van der Waals surface area contributed by atoms with Crippen molar-refractivity contribution in [2.24, 2.45) is 0 Å². The van der Waals surface area contributed by atoms with Crippen LogP contribution in [0.4, 0.5) is 57.1 Å². The molecule has 174 valence electrons. The molecule has 0 aromatic heterocycles. The fourth-order valence-electron chi connectivity index (χ4n) is 1.96. The number of carbonyl (C=O) groups is 1. The lowest BCUT2D eigenvalue weighted by Crippen LogP contribution is -2.70. The van der Waals surface area contributed by atoms with Gasteiger partial charge in [-0.2, -0.15) is 57.1 Å². The lowest BCUT2D eigenvalue weighted by atomic mass is 9.92. The quantitative estimate of drug-likeness (QED) is 0.426. The molecule has 0 amide bonds. The molecule has 0 unspecified atom stereocenters. The minimum absolute atomic E-state index is 0.132. The van der Waals surface area contributed by atoms with E-state index in [1.165, 1.54) is 6.92 Å². The number of halogens is 13. The van der Waals surface area contributed by atoms with Crippen LogP contribution in [0.15, 0.2) is 0 Å². The average molecular weight is 463 g/mol. The minimum atomic E-state index is -7.94. The van der Waals surface area contributed by atoms with Crippen molar-refractivity contribution >= 4 is 5.97 Å². The second-order valence-corrected chi connectivity index (χ2v) is 5.88. The second kappa shape index (κ2) is 8.34.